The smallest absolute Gasteiger partial charge is 0.0491 e. The van der Waals surface area contributed by atoms with Gasteiger partial charge < -0.3 is 5.73 Å². The molecule has 0 bridgehead atoms. The number of hydrogen-bond acceptors (Lipinski definition) is 2. The van der Waals surface area contributed by atoms with E-state index >= 15 is 0 Å². The molecular weight excluding hydrogens is 322 g/mol. The molecular formula is C15H16BrNOS. The summed E-state index contributed by atoms with van der Waals surface area (Å²) in [5.74, 6) is 1.12. The number of anilines is 1. The first kappa shape index (κ1) is 14.3. The van der Waals surface area contributed by atoms with Crippen LogP contribution in [0.25, 0.3) is 0 Å². The molecule has 1 atom stereocenters. The monoisotopic (exact) mass is 337 g/mol. The van der Waals surface area contributed by atoms with E-state index in [0.29, 0.717) is 17.2 Å². The molecule has 100 valence electrons. The van der Waals surface area contributed by atoms with Gasteiger partial charge in [0.15, 0.2) is 0 Å². The average molecular weight is 338 g/mol. The van der Waals surface area contributed by atoms with E-state index in [9.17, 15) is 4.21 Å². The van der Waals surface area contributed by atoms with E-state index in [1.165, 1.54) is 5.56 Å². The maximum Gasteiger partial charge on any atom is 0.0491 e. The summed E-state index contributed by atoms with van der Waals surface area (Å²) in [6, 6.07) is 13.8. The van der Waals surface area contributed by atoms with Crippen LogP contribution < -0.4 is 5.73 Å². The first-order valence-corrected chi connectivity index (χ1v) is 8.28. The zero-order valence-corrected chi connectivity index (χ0v) is 13.1. The molecule has 4 heteroatoms. The normalized spacial score (nSPS) is 12.3. The van der Waals surface area contributed by atoms with Crippen molar-refractivity contribution in [3.8, 4) is 0 Å². The first-order chi connectivity index (χ1) is 9.06. The maximum atomic E-state index is 12.2. The lowest BCUT2D eigenvalue weighted by molar-refractivity contribution is 0.682. The molecule has 1 unspecified atom stereocenters. The van der Waals surface area contributed by atoms with Crippen LogP contribution in [-0.2, 0) is 22.3 Å². The van der Waals surface area contributed by atoms with Gasteiger partial charge in [0.25, 0.3) is 0 Å². The predicted molar refractivity (Wildman–Crippen MR) is 85.3 cm³/mol. The van der Waals surface area contributed by atoms with Crippen molar-refractivity contribution < 1.29 is 4.21 Å². The lowest BCUT2D eigenvalue weighted by Crippen LogP contribution is -2.01. The molecule has 0 fully saturated rings. The zero-order valence-electron chi connectivity index (χ0n) is 10.7. The Balaban J connectivity index is 2.05. The van der Waals surface area contributed by atoms with Crippen molar-refractivity contribution in [1.29, 1.82) is 0 Å². The molecule has 0 saturated carbocycles. The molecule has 2 N–H and O–H groups in total. The van der Waals surface area contributed by atoms with Crippen LogP contribution in [0.5, 0.6) is 0 Å². The summed E-state index contributed by atoms with van der Waals surface area (Å²) in [4.78, 5) is 0. The zero-order chi connectivity index (χ0) is 13.8. The Hall–Kier alpha value is -1.13. The van der Waals surface area contributed by atoms with E-state index in [1.54, 1.807) is 0 Å². The van der Waals surface area contributed by atoms with Crippen molar-refractivity contribution >= 4 is 32.4 Å². The molecule has 0 amide bonds. The van der Waals surface area contributed by atoms with Crippen molar-refractivity contribution in [1.82, 2.24) is 0 Å². The fourth-order valence-corrected chi connectivity index (χ4v) is 3.44. The van der Waals surface area contributed by atoms with Crippen LogP contribution in [0.3, 0.4) is 0 Å². The molecule has 0 aliphatic rings. The summed E-state index contributed by atoms with van der Waals surface area (Å²) in [6.07, 6.45) is 0. The number of nitrogens with two attached hydrogens (primary N) is 1. The molecule has 2 nitrogen and oxygen atoms in total. The van der Waals surface area contributed by atoms with Gasteiger partial charge in [-0.25, -0.2) is 0 Å². The molecule has 19 heavy (non-hydrogen) atoms. The highest BCUT2D eigenvalue weighted by Gasteiger charge is 2.06. The second-order valence-electron chi connectivity index (χ2n) is 4.51. The molecule has 0 radical (unpaired) electrons. The van der Waals surface area contributed by atoms with Gasteiger partial charge in [-0.2, -0.15) is 0 Å². The first-order valence-electron chi connectivity index (χ1n) is 5.99. The fourth-order valence-electron chi connectivity index (χ4n) is 1.87. The van der Waals surface area contributed by atoms with Gasteiger partial charge in [-0.1, -0.05) is 30.3 Å². The van der Waals surface area contributed by atoms with Crippen molar-refractivity contribution in [2.24, 2.45) is 0 Å². The molecule has 0 spiro atoms. The Morgan fingerprint density at radius 2 is 1.89 bits per heavy atom. The van der Waals surface area contributed by atoms with Crippen LogP contribution in [0.4, 0.5) is 5.69 Å². The Labute approximate surface area is 124 Å². The minimum absolute atomic E-state index is 0.534. The SMILES string of the molecule is Cc1ccccc1CS(=O)Cc1ccc(Br)c(N)c1. The molecule has 0 aromatic heterocycles. The second-order valence-corrected chi connectivity index (χ2v) is 6.82. The van der Waals surface area contributed by atoms with Gasteiger partial charge in [0.1, 0.15) is 0 Å². The van der Waals surface area contributed by atoms with Gasteiger partial charge in [-0.15, -0.1) is 0 Å². The maximum absolute atomic E-state index is 12.2. The van der Waals surface area contributed by atoms with Gasteiger partial charge in [-0.3, -0.25) is 4.21 Å². The van der Waals surface area contributed by atoms with Crippen LogP contribution in [0, 0.1) is 6.92 Å². The number of aryl methyl sites for hydroxylation is 1. The van der Waals surface area contributed by atoms with E-state index in [4.69, 9.17) is 5.73 Å². The average Bonchev–Trinajstić information content (AvgIpc) is 2.37. The summed E-state index contributed by atoms with van der Waals surface area (Å²) < 4.78 is 13.1. The van der Waals surface area contributed by atoms with Gasteiger partial charge >= 0.3 is 0 Å². The van der Waals surface area contributed by atoms with Crippen molar-refractivity contribution in [3.05, 3.63) is 63.6 Å². The summed E-state index contributed by atoms with van der Waals surface area (Å²) >= 11 is 3.36. The highest BCUT2D eigenvalue weighted by Crippen LogP contribution is 2.21. The number of halogens is 1. The number of rotatable bonds is 4. The summed E-state index contributed by atoms with van der Waals surface area (Å²) in [5, 5.41) is 0. The van der Waals surface area contributed by atoms with Gasteiger partial charge in [0.2, 0.25) is 0 Å². The Kier molecular flexibility index (Phi) is 4.77. The summed E-state index contributed by atoms with van der Waals surface area (Å²) in [5.41, 5.74) is 9.85. The minimum Gasteiger partial charge on any atom is -0.398 e. The predicted octanol–water partition coefficient (Wildman–Crippen LogP) is 3.79. The number of benzene rings is 2. The van der Waals surface area contributed by atoms with E-state index < -0.39 is 10.8 Å². The standard InChI is InChI=1S/C15H16BrNOS/c1-11-4-2-3-5-13(11)10-19(18)9-12-6-7-14(16)15(17)8-12/h2-8H,9-10,17H2,1H3. The number of hydrogen-bond donors (Lipinski definition) is 1. The molecule has 2 aromatic rings. The van der Waals surface area contributed by atoms with E-state index in [1.807, 2.05) is 49.4 Å². The lowest BCUT2D eigenvalue weighted by Gasteiger charge is -2.07. The van der Waals surface area contributed by atoms with E-state index in [-0.39, 0.29) is 0 Å². The largest absolute Gasteiger partial charge is 0.398 e. The summed E-state index contributed by atoms with van der Waals surface area (Å²) in [6.45, 7) is 2.05. The Morgan fingerprint density at radius 1 is 1.16 bits per heavy atom. The van der Waals surface area contributed by atoms with Gasteiger partial charge in [0.05, 0.1) is 0 Å². The topological polar surface area (TPSA) is 43.1 Å². The fraction of sp³-hybridized carbons (Fsp3) is 0.200. The van der Waals surface area contributed by atoms with Crippen molar-refractivity contribution in [2.45, 2.75) is 18.4 Å². The van der Waals surface area contributed by atoms with Gasteiger partial charge in [0, 0.05) is 32.5 Å². The van der Waals surface area contributed by atoms with Crippen LogP contribution in [0.2, 0.25) is 0 Å². The minimum atomic E-state index is -0.918. The van der Waals surface area contributed by atoms with Gasteiger partial charge in [-0.05, 0) is 51.7 Å². The van der Waals surface area contributed by atoms with E-state index in [0.717, 1.165) is 15.6 Å². The highest BCUT2D eigenvalue weighted by molar-refractivity contribution is 9.10. The highest BCUT2D eigenvalue weighted by atomic mass is 79.9. The Morgan fingerprint density at radius 3 is 2.58 bits per heavy atom. The van der Waals surface area contributed by atoms with E-state index in [2.05, 4.69) is 15.9 Å². The van der Waals surface area contributed by atoms with Crippen molar-refractivity contribution in [2.75, 3.05) is 5.73 Å². The second kappa shape index (κ2) is 6.35. The lowest BCUT2D eigenvalue weighted by atomic mass is 10.1. The molecule has 0 aliphatic heterocycles. The summed E-state index contributed by atoms with van der Waals surface area (Å²) in [7, 11) is -0.918. The third-order valence-electron chi connectivity index (χ3n) is 2.97. The molecule has 0 heterocycles. The van der Waals surface area contributed by atoms with Crippen LogP contribution in [0.1, 0.15) is 16.7 Å². The van der Waals surface area contributed by atoms with Crippen LogP contribution >= 0.6 is 15.9 Å². The van der Waals surface area contributed by atoms with Crippen LogP contribution in [0.15, 0.2) is 46.9 Å². The van der Waals surface area contributed by atoms with Crippen LogP contribution in [-0.4, -0.2) is 4.21 Å². The third-order valence-corrected chi connectivity index (χ3v) is 4.98. The van der Waals surface area contributed by atoms with Crippen molar-refractivity contribution in [3.63, 3.8) is 0 Å². The number of nitrogen functional groups attached to an aromatic ring is 1. The quantitative estimate of drug-likeness (QED) is 0.862. The Bertz CT molecular complexity index is 613. The molecule has 2 aromatic carbocycles. The molecule has 2 rings (SSSR count). The third kappa shape index (κ3) is 3.91. The molecule has 0 saturated heterocycles. The molecule has 0 aliphatic carbocycles.